The molecule has 4 nitrogen and oxygen atoms in total. The average molecular weight is 247 g/mol. The number of benzene rings is 1. The standard InChI is InChI=1S/C14H21N3O/c1-16(2)14(8-15)12-9-17(3)13-7-10(18-4)5-6-11(12)13/h5-7,9,14H,8,15H2,1-4H3. The highest BCUT2D eigenvalue weighted by Crippen LogP contribution is 2.30. The molecule has 0 bridgehead atoms. The monoisotopic (exact) mass is 247 g/mol. The van der Waals surface area contributed by atoms with Crippen LogP contribution >= 0.6 is 0 Å². The van der Waals surface area contributed by atoms with Crippen LogP contribution < -0.4 is 10.5 Å². The summed E-state index contributed by atoms with van der Waals surface area (Å²) in [5.41, 5.74) is 8.32. The summed E-state index contributed by atoms with van der Waals surface area (Å²) in [5.74, 6) is 0.879. The summed E-state index contributed by atoms with van der Waals surface area (Å²) in [6, 6.07) is 6.40. The highest BCUT2D eigenvalue weighted by molar-refractivity contribution is 5.85. The molecule has 0 radical (unpaired) electrons. The van der Waals surface area contributed by atoms with Crippen molar-refractivity contribution in [2.75, 3.05) is 27.7 Å². The van der Waals surface area contributed by atoms with Crippen molar-refractivity contribution in [1.82, 2.24) is 9.47 Å². The maximum absolute atomic E-state index is 5.89. The van der Waals surface area contributed by atoms with E-state index in [0.29, 0.717) is 6.54 Å². The van der Waals surface area contributed by atoms with E-state index in [2.05, 4.69) is 48.9 Å². The van der Waals surface area contributed by atoms with Gasteiger partial charge in [0.05, 0.1) is 12.6 Å². The molecule has 18 heavy (non-hydrogen) atoms. The van der Waals surface area contributed by atoms with Gasteiger partial charge in [-0.25, -0.2) is 0 Å². The minimum absolute atomic E-state index is 0.238. The maximum atomic E-state index is 5.89. The number of ether oxygens (including phenoxy) is 1. The molecular weight excluding hydrogens is 226 g/mol. The third kappa shape index (κ3) is 2.09. The molecule has 1 aromatic carbocycles. The largest absolute Gasteiger partial charge is 0.497 e. The Hall–Kier alpha value is -1.52. The Morgan fingerprint density at radius 3 is 2.67 bits per heavy atom. The lowest BCUT2D eigenvalue weighted by Crippen LogP contribution is -2.26. The van der Waals surface area contributed by atoms with Gasteiger partial charge in [-0.2, -0.15) is 0 Å². The number of rotatable bonds is 4. The van der Waals surface area contributed by atoms with E-state index in [4.69, 9.17) is 10.5 Å². The van der Waals surface area contributed by atoms with Gasteiger partial charge in [0.1, 0.15) is 5.75 Å². The predicted molar refractivity (Wildman–Crippen MR) is 75.0 cm³/mol. The molecule has 4 heteroatoms. The molecule has 98 valence electrons. The van der Waals surface area contributed by atoms with E-state index in [1.165, 1.54) is 16.5 Å². The molecule has 0 amide bonds. The SMILES string of the molecule is COc1ccc2c(C(CN)N(C)C)cn(C)c2c1. The lowest BCUT2D eigenvalue weighted by atomic mass is 10.1. The van der Waals surface area contributed by atoms with Crippen LogP contribution in [0.3, 0.4) is 0 Å². The van der Waals surface area contributed by atoms with Crippen LogP contribution in [0.25, 0.3) is 10.9 Å². The summed E-state index contributed by atoms with van der Waals surface area (Å²) in [7, 11) is 7.85. The summed E-state index contributed by atoms with van der Waals surface area (Å²) >= 11 is 0. The minimum Gasteiger partial charge on any atom is -0.497 e. The molecule has 1 heterocycles. The van der Waals surface area contributed by atoms with E-state index in [0.717, 1.165) is 5.75 Å². The second-order valence-electron chi connectivity index (χ2n) is 4.79. The Labute approximate surface area is 108 Å². The zero-order valence-electron chi connectivity index (χ0n) is 11.5. The third-order valence-corrected chi connectivity index (χ3v) is 3.43. The highest BCUT2D eigenvalue weighted by Gasteiger charge is 2.17. The van der Waals surface area contributed by atoms with E-state index < -0.39 is 0 Å². The Kier molecular flexibility index (Phi) is 3.59. The Bertz CT molecular complexity index is 545. The second kappa shape index (κ2) is 5.00. The van der Waals surface area contributed by atoms with Crippen LogP contribution in [0, 0.1) is 0 Å². The molecule has 1 aromatic heterocycles. The molecule has 0 aliphatic rings. The van der Waals surface area contributed by atoms with Crippen molar-refractivity contribution in [3.8, 4) is 5.75 Å². The van der Waals surface area contributed by atoms with Crippen LogP contribution in [0.4, 0.5) is 0 Å². The van der Waals surface area contributed by atoms with Gasteiger partial charge in [0.2, 0.25) is 0 Å². The van der Waals surface area contributed by atoms with E-state index >= 15 is 0 Å². The summed E-state index contributed by atoms with van der Waals surface area (Å²) in [5, 5.41) is 1.24. The minimum atomic E-state index is 0.238. The second-order valence-corrected chi connectivity index (χ2v) is 4.79. The fourth-order valence-electron chi connectivity index (χ4n) is 2.40. The number of hydrogen-bond acceptors (Lipinski definition) is 3. The summed E-state index contributed by atoms with van der Waals surface area (Å²) < 4.78 is 7.40. The molecule has 2 N–H and O–H groups in total. The number of hydrogen-bond donors (Lipinski definition) is 1. The molecule has 2 aromatic rings. The van der Waals surface area contributed by atoms with Gasteiger partial charge in [-0.1, -0.05) is 0 Å². The van der Waals surface area contributed by atoms with Crippen molar-refractivity contribution < 1.29 is 4.74 Å². The molecule has 0 aliphatic heterocycles. The molecule has 0 spiro atoms. The van der Waals surface area contributed by atoms with Crippen LogP contribution in [-0.2, 0) is 7.05 Å². The molecule has 2 rings (SSSR count). The lowest BCUT2D eigenvalue weighted by molar-refractivity contribution is 0.307. The topological polar surface area (TPSA) is 43.4 Å². The number of aromatic nitrogens is 1. The number of fused-ring (bicyclic) bond motifs is 1. The maximum Gasteiger partial charge on any atom is 0.120 e. The molecule has 0 saturated carbocycles. The lowest BCUT2D eigenvalue weighted by Gasteiger charge is -2.22. The molecule has 0 saturated heterocycles. The van der Waals surface area contributed by atoms with Gasteiger partial charge in [0, 0.05) is 37.3 Å². The Morgan fingerprint density at radius 1 is 1.39 bits per heavy atom. The highest BCUT2D eigenvalue weighted by atomic mass is 16.5. The van der Waals surface area contributed by atoms with Crippen LogP contribution in [0.1, 0.15) is 11.6 Å². The summed E-state index contributed by atoms with van der Waals surface area (Å²) in [6.45, 7) is 0.609. The van der Waals surface area contributed by atoms with Gasteiger partial charge in [-0.05, 0) is 31.8 Å². The van der Waals surface area contributed by atoms with Crippen molar-refractivity contribution in [3.05, 3.63) is 30.0 Å². The number of nitrogens with zero attached hydrogens (tertiary/aromatic N) is 2. The third-order valence-electron chi connectivity index (χ3n) is 3.43. The number of nitrogens with two attached hydrogens (primary N) is 1. The van der Waals surface area contributed by atoms with Gasteiger partial charge in [0.15, 0.2) is 0 Å². The van der Waals surface area contributed by atoms with Crippen LogP contribution in [-0.4, -0.2) is 37.2 Å². The normalized spacial score (nSPS) is 13.2. The van der Waals surface area contributed by atoms with Crippen LogP contribution in [0.5, 0.6) is 5.75 Å². The van der Waals surface area contributed by atoms with E-state index in [1.807, 2.05) is 6.07 Å². The van der Waals surface area contributed by atoms with Gasteiger partial charge in [-0.15, -0.1) is 0 Å². The zero-order chi connectivity index (χ0) is 13.3. The fourth-order valence-corrected chi connectivity index (χ4v) is 2.40. The Morgan fingerprint density at radius 2 is 2.11 bits per heavy atom. The molecule has 1 atom stereocenters. The van der Waals surface area contributed by atoms with E-state index in [9.17, 15) is 0 Å². The first-order chi connectivity index (χ1) is 8.58. The molecular formula is C14H21N3O. The Balaban J connectivity index is 2.59. The first-order valence-electron chi connectivity index (χ1n) is 6.08. The van der Waals surface area contributed by atoms with E-state index in [1.54, 1.807) is 7.11 Å². The van der Waals surface area contributed by atoms with Crippen LogP contribution in [0.2, 0.25) is 0 Å². The van der Waals surface area contributed by atoms with Crippen molar-refractivity contribution in [3.63, 3.8) is 0 Å². The predicted octanol–water partition coefficient (Wildman–Crippen LogP) is 1.75. The first-order valence-corrected chi connectivity index (χ1v) is 6.08. The van der Waals surface area contributed by atoms with Gasteiger partial charge < -0.3 is 19.9 Å². The average Bonchev–Trinajstić information content (AvgIpc) is 2.67. The number of aryl methyl sites for hydroxylation is 1. The summed E-state index contributed by atoms with van der Waals surface area (Å²) in [4.78, 5) is 2.15. The molecule has 1 unspecified atom stereocenters. The molecule has 0 aliphatic carbocycles. The van der Waals surface area contributed by atoms with Crippen molar-refractivity contribution in [2.45, 2.75) is 6.04 Å². The van der Waals surface area contributed by atoms with Gasteiger partial charge >= 0.3 is 0 Å². The van der Waals surface area contributed by atoms with Gasteiger partial charge in [0.25, 0.3) is 0 Å². The van der Waals surface area contributed by atoms with Crippen molar-refractivity contribution in [2.24, 2.45) is 12.8 Å². The quantitative estimate of drug-likeness (QED) is 0.895. The smallest absolute Gasteiger partial charge is 0.120 e. The first kappa shape index (κ1) is 12.9. The summed E-state index contributed by atoms with van der Waals surface area (Å²) in [6.07, 6.45) is 2.15. The zero-order valence-corrected chi connectivity index (χ0v) is 11.5. The number of methoxy groups -OCH3 is 1. The van der Waals surface area contributed by atoms with Crippen molar-refractivity contribution in [1.29, 1.82) is 0 Å². The molecule has 0 fully saturated rings. The van der Waals surface area contributed by atoms with Crippen molar-refractivity contribution >= 4 is 10.9 Å². The van der Waals surface area contributed by atoms with E-state index in [-0.39, 0.29) is 6.04 Å². The number of likely N-dealkylation sites (N-methyl/N-ethyl adjacent to an activating group) is 1. The van der Waals surface area contributed by atoms with Crippen LogP contribution in [0.15, 0.2) is 24.4 Å². The van der Waals surface area contributed by atoms with Gasteiger partial charge in [-0.3, -0.25) is 0 Å². The fraction of sp³-hybridized carbons (Fsp3) is 0.429.